The maximum atomic E-state index is 13.3. The van der Waals surface area contributed by atoms with Gasteiger partial charge in [-0.05, 0) is 47.0 Å². The number of carbonyl (C=O) groups is 2. The Labute approximate surface area is 202 Å². The van der Waals surface area contributed by atoms with Crippen LogP contribution in [0.2, 0.25) is 0 Å². The molecular formula is C25H29BrFN3O3. The van der Waals surface area contributed by atoms with E-state index in [0.717, 1.165) is 5.56 Å². The highest BCUT2D eigenvalue weighted by molar-refractivity contribution is 9.10. The summed E-state index contributed by atoms with van der Waals surface area (Å²) in [5.74, 6) is -0.576. The molecule has 3 rings (SSSR count). The van der Waals surface area contributed by atoms with Crippen molar-refractivity contribution in [1.29, 1.82) is 0 Å². The molecule has 1 N–H and O–H groups in total. The summed E-state index contributed by atoms with van der Waals surface area (Å²) in [4.78, 5) is 27.4. The second-order valence-electron chi connectivity index (χ2n) is 7.11. The number of rotatable bonds is 8. The number of ether oxygens (including phenoxy) is 1. The molecule has 0 atom stereocenters. The zero-order valence-electron chi connectivity index (χ0n) is 18.9. The summed E-state index contributed by atoms with van der Waals surface area (Å²) in [7, 11) is 1.54. The zero-order chi connectivity index (χ0) is 24.4. The van der Waals surface area contributed by atoms with E-state index in [1.165, 1.54) is 19.2 Å². The van der Waals surface area contributed by atoms with E-state index in [1.54, 1.807) is 33.8 Å². The normalized spacial score (nSPS) is 12.6. The number of benzene rings is 1. The van der Waals surface area contributed by atoms with Crippen molar-refractivity contribution in [2.45, 2.75) is 26.4 Å². The first-order valence-electron chi connectivity index (χ1n) is 10.5. The molecule has 2 aromatic rings. The standard InChI is InChI=1S/C21H23BrFN3O3.C4H6/c1-3-4-5-12-29-18-16(20(27)24-2)19(22)26-11-10-25(21(28)17(18)26)13-14-6-8-15(23)9-7-14;1-3-4-2/h3-4,6-9H,5,10-13H2,1-2H3,(H,24,27);3-4H,1-2H2/b4-3-;. The minimum absolute atomic E-state index is 0.225. The fourth-order valence-corrected chi connectivity index (χ4v) is 4.00. The Hall–Kier alpha value is -3.13. The van der Waals surface area contributed by atoms with E-state index in [-0.39, 0.29) is 23.4 Å². The Bertz CT molecular complexity index is 1020. The second-order valence-corrected chi connectivity index (χ2v) is 7.86. The van der Waals surface area contributed by atoms with E-state index in [0.29, 0.717) is 48.5 Å². The SMILES string of the molecule is C/C=C\CCOc1c(C(=O)NC)c(Br)n2c1C(=O)N(Cc1ccc(F)cc1)CC2.C=CC=C. The molecule has 0 aliphatic carbocycles. The van der Waals surface area contributed by atoms with Gasteiger partial charge in [-0.3, -0.25) is 9.59 Å². The number of nitrogens with one attached hydrogen (secondary N) is 1. The molecule has 0 bridgehead atoms. The van der Waals surface area contributed by atoms with Crippen LogP contribution in [-0.4, -0.2) is 41.5 Å². The number of hydrogen-bond acceptors (Lipinski definition) is 3. The van der Waals surface area contributed by atoms with Crippen molar-refractivity contribution < 1.29 is 18.7 Å². The lowest BCUT2D eigenvalue weighted by Crippen LogP contribution is -2.39. The van der Waals surface area contributed by atoms with Crippen molar-refractivity contribution in [3.8, 4) is 5.75 Å². The monoisotopic (exact) mass is 517 g/mol. The highest BCUT2D eigenvalue weighted by Crippen LogP contribution is 2.37. The first kappa shape index (κ1) is 26.1. The van der Waals surface area contributed by atoms with Gasteiger partial charge in [0, 0.05) is 26.7 Å². The molecule has 8 heteroatoms. The van der Waals surface area contributed by atoms with E-state index >= 15 is 0 Å². The largest absolute Gasteiger partial charge is 0.490 e. The molecule has 1 aliphatic rings. The molecule has 1 aromatic heterocycles. The third kappa shape index (κ3) is 6.44. The number of aromatic nitrogens is 1. The first-order chi connectivity index (χ1) is 15.9. The van der Waals surface area contributed by atoms with Crippen molar-refractivity contribution in [2.75, 3.05) is 20.2 Å². The van der Waals surface area contributed by atoms with E-state index in [1.807, 2.05) is 19.1 Å². The lowest BCUT2D eigenvalue weighted by molar-refractivity contribution is 0.0684. The maximum Gasteiger partial charge on any atom is 0.274 e. The van der Waals surface area contributed by atoms with E-state index in [4.69, 9.17) is 4.74 Å². The van der Waals surface area contributed by atoms with Crippen LogP contribution in [0.3, 0.4) is 0 Å². The van der Waals surface area contributed by atoms with E-state index in [9.17, 15) is 14.0 Å². The number of nitrogens with zero attached hydrogens (tertiary/aromatic N) is 2. The summed E-state index contributed by atoms with van der Waals surface area (Å²) in [5.41, 5.74) is 1.50. The predicted molar refractivity (Wildman–Crippen MR) is 132 cm³/mol. The quantitative estimate of drug-likeness (QED) is 0.300. The predicted octanol–water partition coefficient (Wildman–Crippen LogP) is 5.11. The van der Waals surface area contributed by atoms with Crippen LogP contribution in [0, 0.1) is 5.82 Å². The number of halogens is 2. The Morgan fingerprint density at radius 2 is 1.91 bits per heavy atom. The van der Waals surface area contributed by atoms with Gasteiger partial charge < -0.3 is 19.5 Å². The summed E-state index contributed by atoms with van der Waals surface area (Å²) in [6.45, 7) is 10.3. The minimum Gasteiger partial charge on any atom is -0.490 e. The Morgan fingerprint density at radius 3 is 2.48 bits per heavy atom. The summed E-state index contributed by atoms with van der Waals surface area (Å²) >= 11 is 3.47. The molecule has 33 heavy (non-hydrogen) atoms. The molecular weight excluding hydrogens is 489 g/mol. The molecule has 0 saturated heterocycles. The van der Waals surface area contributed by atoms with Gasteiger partial charge in [-0.25, -0.2) is 4.39 Å². The highest BCUT2D eigenvalue weighted by Gasteiger charge is 2.36. The van der Waals surface area contributed by atoms with Gasteiger partial charge in [-0.15, -0.1) is 0 Å². The smallest absolute Gasteiger partial charge is 0.274 e. The van der Waals surface area contributed by atoms with E-state index < -0.39 is 0 Å². The molecule has 1 aliphatic heterocycles. The summed E-state index contributed by atoms with van der Waals surface area (Å²) < 4.78 is 21.4. The molecule has 1 aromatic carbocycles. The first-order valence-corrected chi connectivity index (χ1v) is 11.3. The fourth-order valence-electron chi connectivity index (χ4n) is 3.28. The van der Waals surface area contributed by atoms with Crippen LogP contribution in [0.15, 0.2) is 66.3 Å². The van der Waals surface area contributed by atoms with Crippen molar-refractivity contribution in [3.05, 3.63) is 89.0 Å². The number of hydrogen-bond donors (Lipinski definition) is 1. The molecule has 6 nitrogen and oxygen atoms in total. The number of carbonyl (C=O) groups excluding carboxylic acids is 2. The summed E-state index contributed by atoms with van der Waals surface area (Å²) in [5, 5.41) is 2.61. The van der Waals surface area contributed by atoms with Crippen molar-refractivity contribution in [3.63, 3.8) is 0 Å². The topological polar surface area (TPSA) is 63.6 Å². The lowest BCUT2D eigenvalue weighted by atomic mass is 10.1. The van der Waals surface area contributed by atoms with Gasteiger partial charge in [0.1, 0.15) is 16.0 Å². The van der Waals surface area contributed by atoms with Crippen LogP contribution in [0.25, 0.3) is 0 Å². The average Bonchev–Trinajstić information content (AvgIpc) is 3.11. The van der Waals surface area contributed by atoms with Gasteiger partial charge in [0.05, 0.1) is 6.61 Å². The van der Waals surface area contributed by atoms with Gasteiger partial charge in [-0.1, -0.05) is 49.6 Å². The van der Waals surface area contributed by atoms with Gasteiger partial charge in [-0.2, -0.15) is 0 Å². The van der Waals surface area contributed by atoms with Gasteiger partial charge in [0.2, 0.25) is 0 Å². The Morgan fingerprint density at radius 1 is 1.24 bits per heavy atom. The molecule has 0 fully saturated rings. The van der Waals surface area contributed by atoms with Crippen molar-refractivity contribution in [1.82, 2.24) is 14.8 Å². The second kappa shape index (κ2) is 12.8. The summed E-state index contributed by atoms with van der Waals surface area (Å²) in [6, 6.07) is 6.08. The maximum absolute atomic E-state index is 13.3. The van der Waals surface area contributed by atoms with Crippen molar-refractivity contribution in [2.24, 2.45) is 0 Å². The van der Waals surface area contributed by atoms with Crippen LogP contribution >= 0.6 is 15.9 Å². The Balaban J connectivity index is 0.000000890. The van der Waals surface area contributed by atoms with Gasteiger partial charge in [0.15, 0.2) is 11.4 Å². The molecule has 0 saturated carbocycles. The van der Waals surface area contributed by atoms with Crippen LogP contribution in [0.4, 0.5) is 4.39 Å². The molecule has 176 valence electrons. The molecule has 2 amide bonds. The van der Waals surface area contributed by atoms with Gasteiger partial charge in [0.25, 0.3) is 11.8 Å². The Kier molecular flexibility index (Phi) is 10.1. The zero-order valence-corrected chi connectivity index (χ0v) is 20.5. The lowest BCUT2D eigenvalue weighted by Gasteiger charge is -2.29. The number of fused-ring (bicyclic) bond motifs is 1. The van der Waals surface area contributed by atoms with Gasteiger partial charge >= 0.3 is 0 Å². The average molecular weight is 518 g/mol. The molecule has 0 radical (unpaired) electrons. The van der Waals surface area contributed by atoms with Crippen LogP contribution < -0.4 is 10.1 Å². The van der Waals surface area contributed by atoms with Crippen LogP contribution in [0.1, 0.15) is 39.8 Å². The summed E-state index contributed by atoms with van der Waals surface area (Å²) in [6.07, 6.45) is 7.82. The van der Waals surface area contributed by atoms with Crippen molar-refractivity contribution >= 4 is 27.7 Å². The number of amides is 2. The number of allylic oxidation sites excluding steroid dienone is 3. The van der Waals surface area contributed by atoms with Crippen LogP contribution in [-0.2, 0) is 13.1 Å². The molecule has 0 spiro atoms. The molecule has 2 heterocycles. The van der Waals surface area contributed by atoms with Crippen LogP contribution in [0.5, 0.6) is 5.75 Å². The molecule has 0 unspecified atom stereocenters. The third-order valence-electron chi connectivity index (χ3n) is 4.91. The van der Waals surface area contributed by atoms with E-state index in [2.05, 4.69) is 34.4 Å². The third-order valence-corrected chi connectivity index (χ3v) is 5.74. The highest BCUT2D eigenvalue weighted by atomic mass is 79.9. The fraction of sp³-hybridized carbons (Fsp3) is 0.280. The minimum atomic E-state index is -0.322.